The van der Waals surface area contributed by atoms with Crippen LogP contribution in [-0.2, 0) is 11.3 Å². The van der Waals surface area contributed by atoms with Gasteiger partial charge >= 0.3 is 0 Å². The number of benzene rings is 1. The zero-order valence-electron chi connectivity index (χ0n) is 14.8. The van der Waals surface area contributed by atoms with E-state index in [2.05, 4.69) is 48.1 Å². The summed E-state index contributed by atoms with van der Waals surface area (Å²) in [4.78, 5) is 0. The van der Waals surface area contributed by atoms with E-state index in [9.17, 15) is 0 Å². The van der Waals surface area contributed by atoms with Gasteiger partial charge < -0.3 is 19.5 Å². The summed E-state index contributed by atoms with van der Waals surface area (Å²) in [6, 6.07) is 4.05. The molecule has 0 aliphatic carbocycles. The molecule has 0 unspecified atom stereocenters. The molecule has 0 atom stereocenters. The molecular weight excluding hydrogens is 358 g/mol. The monoisotopic (exact) mass is 387 g/mol. The Morgan fingerprint density at radius 1 is 1.09 bits per heavy atom. The van der Waals surface area contributed by atoms with Gasteiger partial charge in [-0.25, -0.2) is 0 Å². The molecule has 0 aliphatic heterocycles. The quantitative estimate of drug-likeness (QED) is 0.534. The minimum Gasteiger partial charge on any atom is -0.490 e. The van der Waals surface area contributed by atoms with Crippen molar-refractivity contribution in [2.45, 2.75) is 53.2 Å². The Bertz CT molecular complexity index is 452. The molecule has 1 aromatic rings. The largest absolute Gasteiger partial charge is 0.490 e. The minimum atomic E-state index is 0.300. The van der Waals surface area contributed by atoms with Gasteiger partial charge in [0, 0.05) is 17.6 Å². The Morgan fingerprint density at radius 3 is 2.48 bits per heavy atom. The third kappa shape index (κ3) is 8.04. The van der Waals surface area contributed by atoms with E-state index in [1.807, 2.05) is 13.0 Å². The van der Waals surface area contributed by atoms with Crippen LogP contribution in [-0.4, -0.2) is 32.5 Å². The lowest BCUT2D eigenvalue weighted by atomic mass is 10.2. The molecule has 0 aliphatic rings. The fraction of sp³-hybridized carbons (Fsp3) is 0.667. The summed E-state index contributed by atoms with van der Waals surface area (Å²) in [6.45, 7) is 12.0. The zero-order valence-corrected chi connectivity index (χ0v) is 16.4. The van der Waals surface area contributed by atoms with E-state index in [-0.39, 0.29) is 0 Å². The van der Waals surface area contributed by atoms with Gasteiger partial charge in [0.25, 0.3) is 0 Å². The van der Waals surface area contributed by atoms with E-state index in [1.54, 1.807) is 0 Å². The van der Waals surface area contributed by atoms with Crippen molar-refractivity contribution in [1.29, 1.82) is 0 Å². The van der Waals surface area contributed by atoms with Gasteiger partial charge in [-0.15, -0.1) is 0 Å². The van der Waals surface area contributed by atoms with Crippen molar-refractivity contribution < 1.29 is 14.2 Å². The summed E-state index contributed by atoms with van der Waals surface area (Å²) in [5, 5.41) is 3.44. The minimum absolute atomic E-state index is 0.300. The van der Waals surface area contributed by atoms with Crippen molar-refractivity contribution in [3.05, 3.63) is 22.2 Å². The van der Waals surface area contributed by atoms with Crippen LogP contribution < -0.4 is 14.8 Å². The third-order valence-corrected chi connectivity index (χ3v) is 3.88. The molecule has 5 heteroatoms. The van der Waals surface area contributed by atoms with Crippen LogP contribution >= 0.6 is 15.9 Å². The first-order valence-corrected chi connectivity index (χ1v) is 9.28. The second-order valence-electron chi connectivity index (χ2n) is 5.62. The number of hydrogen-bond donors (Lipinski definition) is 1. The molecule has 1 aromatic carbocycles. The van der Waals surface area contributed by atoms with E-state index in [1.165, 1.54) is 5.56 Å². The van der Waals surface area contributed by atoms with Crippen LogP contribution in [0.4, 0.5) is 0 Å². The lowest BCUT2D eigenvalue weighted by Gasteiger charge is -2.15. The Hall–Kier alpha value is -0.780. The van der Waals surface area contributed by atoms with Crippen LogP contribution in [0.15, 0.2) is 16.6 Å². The highest BCUT2D eigenvalue weighted by Crippen LogP contribution is 2.34. The summed E-state index contributed by atoms with van der Waals surface area (Å²) in [5.41, 5.74) is 1.17. The maximum atomic E-state index is 5.76. The predicted octanol–water partition coefficient (Wildman–Crippen LogP) is 4.54. The van der Waals surface area contributed by atoms with Gasteiger partial charge in [0.05, 0.1) is 19.3 Å². The molecule has 0 fully saturated rings. The maximum Gasteiger partial charge on any atom is 0.162 e. The average molecular weight is 388 g/mol. The summed E-state index contributed by atoms with van der Waals surface area (Å²) in [6.07, 6.45) is 2.28. The van der Waals surface area contributed by atoms with Gasteiger partial charge in [0.1, 0.15) is 0 Å². The molecular formula is C18H30BrNO3. The molecule has 1 rings (SSSR count). The van der Waals surface area contributed by atoms with Gasteiger partial charge in [-0.2, -0.15) is 0 Å². The molecule has 0 bridgehead atoms. The maximum absolute atomic E-state index is 5.76. The van der Waals surface area contributed by atoms with Gasteiger partial charge in [0.2, 0.25) is 0 Å². The molecule has 0 saturated carbocycles. The molecule has 1 N–H and O–H groups in total. The Kier molecular flexibility index (Phi) is 10.3. The summed E-state index contributed by atoms with van der Waals surface area (Å²) in [5.74, 6) is 1.61. The van der Waals surface area contributed by atoms with Crippen molar-refractivity contribution in [3.8, 4) is 11.5 Å². The topological polar surface area (TPSA) is 39.7 Å². The number of rotatable bonds is 12. The number of halogens is 1. The van der Waals surface area contributed by atoms with Crippen LogP contribution in [0, 0.1) is 0 Å². The lowest BCUT2D eigenvalue weighted by molar-refractivity contribution is 0.0770. The predicted molar refractivity (Wildman–Crippen MR) is 98.5 cm³/mol. The third-order valence-electron chi connectivity index (χ3n) is 3.14. The average Bonchev–Trinajstić information content (AvgIpc) is 2.51. The molecule has 0 saturated heterocycles. The van der Waals surface area contributed by atoms with Crippen LogP contribution in [0.25, 0.3) is 0 Å². The first-order valence-electron chi connectivity index (χ1n) is 8.48. The second-order valence-corrected chi connectivity index (χ2v) is 6.48. The van der Waals surface area contributed by atoms with Crippen molar-refractivity contribution in [3.63, 3.8) is 0 Å². The van der Waals surface area contributed by atoms with Crippen molar-refractivity contribution >= 4 is 15.9 Å². The molecule has 4 nitrogen and oxygen atoms in total. The normalized spacial score (nSPS) is 11.0. The molecule has 0 amide bonds. The molecule has 0 radical (unpaired) electrons. The standard InChI is InChI=1S/C18H30BrNO3/c1-5-9-23-18-12-16(19)15(11-17(18)21-6-2)13-20-8-7-10-22-14(3)4/h11-12,14,20H,5-10,13H2,1-4H3. The highest BCUT2D eigenvalue weighted by molar-refractivity contribution is 9.10. The fourth-order valence-electron chi connectivity index (χ4n) is 2.05. The van der Waals surface area contributed by atoms with Gasteiger partial charge in [0.15, 0.2) is 11.5 Å². The second kappa shape index (κ2) is 11.7. The summed E-state index contributed by atoms with van der Waals surface area (Å²) < 4.78 is 18.0. The molecule has 0 heterocycles. The van der Waals surface area contributed by atoms with E-state index in [4.69, 9.17) is 14.2 Å². The van der Waals surface area contributed by atoms with Crippen LogP contribution in [0.2, 0.25) is 0 Å². The fourth-order valence-corrected chi connectivity index (χ4v) is 2.51. The van der Waals surface area contributed by atoms with Gasteiger partial charge in [-0.1, -0.05) is 22.9 Å². The van der Waals surface area contributed by atoms with E-state index < -0.39 is 0 Å². The highest BCUT2D eigenvalue weighted by Gasteiger charge is 2.10. The van der Waals surface area contributed by atoms with E-state index in [0.29, 0.717) is 19.3 Å². The highest BCUT2D eigenvalue weighted by atomic mass is 79.9. The summed E-state index contributed by atoms with van der Waals surface area (Å²) >= 11 is 3.63. The van der Waals surface area contributed by atoms with Crippen molar-refractivity contribution in [1.82, 2.24) is 5.32 Å². The number of hydrogen-bond acceptors (Lipinski definition) is 4. The van der Waals surface area contributed by atoms with E-state index in [0.717, 1.165) is 48.5 Å². The van der Waals surface area contributed by atoms with Gasteiger partial charge in [-0.3, -0.25) is 0 Å². The van der Waals surface area contributed by atoms with Crippen molar-refractivity contribution in [2.75, 3.05) is 26.4 Å². The SMILES string of the molecule is CCCOc1cc(Br)c(CNCCCOC(C)C)cc1OCC. The van der Waals surface area contributed by atoms with Crippen LogP contribution in [0.3, 0.4) is 0 Å². The van der Waals surface area contributed by atoms with E-state index >= 15 is 0 Å². The number of ether oxygens (including phenoxy) is 3. The lowest BCUT2D eigenvalue weighted by Crippen LogP contribution is -2.17. The number of nitrogens with one attached hydrogen (secondary N) is 1. The Labute approximate surface area is 149 Å². The van der Waals surface area contributed by atoms with Crippen LogP contribution in [0.1, 0.15) is 46.1 Å². The molecule has 0 spiro atoms. The Morgan fingerprint density at radius 2 is 1.83 bits per heavy atom. The molecule has 132 valence electrons. The molecule has 0 aromatic heterocycles. The zero-order chi connectivity index (χ0) is 17.1. The smallest absolute Gasteiger partial charge is 0.162 e. The van der Waals surface area contributed by atoms with Crippen molar-refractivity contribution in [2.24, 2.45) is 0 Å². The first-order chi connectivity index (χ1) is 11.1. The first kappa shape index (κ1) is 20.3. The van der Waals surface area contributed by atoms with Gasteiger partial charge in [-0.05, 0) is 57.9 Å². The summed E-state index contributed by atoms with van der Waals surface area (Å²) in [7, 11) is 0. The van der Waals surface area contributed by atoms with Crippen LogP contribution in [0.5, 0.6) is 11.5 Å². The Balaban J connectivity index is 2.55. The molecule has 23 heavy (non-hydrogen) atoms.